The van der Waals surface area contributed by atoms with Crippen LogP contribution >= 0.6 is 0 Å². The molecule has 2 aliphatic rings. The lowest BCUT2D eigenvalue weighted by atomic mass is 10.00. The minimum absolute atomic E-state index is 0.0786. The van der Waals surface area contributed by atoms with E-state index in [0.717, 1.165) is 24.2 Å². The number of rotatable bonds is 3. The number of carboxylic acid groups (broad SMARTS) is 1. The number of nitrogens with zero attached hydrogens (tertiary/aromatic N) is 3. The first kappa shape index (κ1) is 12.7. The summed E-state index contributed by atoms with van der Waals surface area (Å²) >= 11 is 0. The van der Waals surface area contributed by atoms with Crippen LogP contribution in [0.15, 0.2) is 12.5 Å². The molecule has 0 aromatic carbocycles. The Morgan fingerprint density at radius 1 is 1.30 bits per heavy atom. The molecule has 2 unspecified atom stereocenters. The zero-order valence-electron chi connectivity index (χ0n) is 10.7. The summed E-state index contributed by atoms with van der Waals surface area (Å²) in [4.78, 5) is 44.2. The minimum atomic E-state index is -1.17. The van der Waals surface area contributed by atoms with Crippen molar-refractivity contribution >= 4 is 17.8 Å². The van der Waals surface area contributed by atoms with Gasteiger partial charge in [0.15, 0.2) is 0 Å². The molecule has 2 atom stereocenters. The van der Waals surface area contributed by atoms with Gasteiger partial charge in [0.25, 0.3) is 0 Å². The van der Waals surface area contributed by atoms with Crippen LogP contribution in [0, 0.1) is 11.8 Å². The van der Waals surface area contributed by atoms with Gasteiger partial charge in [-0.25, -0.2) is 14.8 Å². The predicted molar refractivity (Wildman–Crippen MR) is 65.4 cm³/mol. The molecular formula is C13H13N3O4. The van der Waals surface area contributed by atoms with Gasteiger partial charge in [0.2, 0.25) is 11.8 Å². The Morgan fingerprint density at radius 3 is 2.55 bits per heavy atom. The molecule has 2 amide bonds. The number of imide groups is 1. The highest BCUT2D eigenvalue weighted by Crippen LogP contribution is 2.40. The average molecular weight is 275 g/mol. The minimum Gasteiger partial charge on any atom is -0.478 e. The van der Waals surface area contributed by atoms with Crippen molar-refractivity contribution in [3.05, 3.63) is 23.8 Å². The van der Waals surface area contributed by atoms with E-state index >= 15 is 0 Å². The first-order chi connectivity index (χ1) is 9.59. The molecule has 0 spiro atoms. The van der Waals surface area contributed by atoms with Crippen molar-refractivity contribution in [3.63, 3.8) is 0 Å². The van der Waals surface area contributed by atoms with Gasteiger partial charge < -0.3 is 5.11 Å². The average Bonchev–Trinajstić information content (AvgIpc) is 2.99. The summed E-state index contributed by atoms with van der Waals surface area (Å²) in [6, 6.07) is 0. The number of hydrogen-bond acceptors (Lipinski definition) is 5. The molecule has 1 aromatic heterocycles. The third-order valence-corrected chi connectivity index (χ3v) is 4.02. The van der Waals surface area contributed by atoms with Crippen molar-refractivity contribution in [2.75, 3.05) is 0 Å². The van der Waals surface area contributed by atoms with Gasteiger partial charge in [-0.3, -0.25) is 14.5 Å². The fraction of sp³-hybridized carbons (Fsp3) is 0.462. The number of fused-ring (bicyclic) bond motifs is 1. The lowest BCUT2D eigenvalue weighted by Crippen LogP contribution is -2.32. The number of likely N-dealkylation sites (tertiary alicyclic amines) is 1. The lowest BCUT2D eigenvalue weighted by Gasteiger charge is -2.16. The highest BCUT2D eigenvalue weighted by Gasteiger charge is 2.49. The molecule has 20 heavy (non-hydrogen) atoms. The Balaban J connectivity index is 1.87. The third-order valence-electron chi connectivity index (χ3n) is 4.02. The van der Waals surface area contributed by atoms with Crippen LogP contribution in [0.5, 0.6) is 0 Å². The van der Waals surface area contributed by atoms with Crippen molar-refractivity contribution in [1.82, 2.24) is 14.9 Å². The summed E-state index contributed by atoms with van der Waals surface area (Å²) in [7, 11) is 0. The summed E-state index contributed by atoms with van der Waals surface area (Å²) in [5.74, 6) is -2.02. The van der Waals surface area contributed by atoms with Gasteiger partial charge in [-0.05, 0) is 12.8 Å². The standard InChI is InChI=1S/C13H13N3O4/c17-11-7-2-1-3-8(7)12(18)16(11)5-10-9(13(19)20)4-14-6-15-10/h4,6-8H,1-3,5H2,(H,19,20). The van der Waals surface area contributed by atoms with E-state index in [9.17, 15) is 14.4 Å². The first-order valence-electron chi connectivity index (χ1n) is 6.47. The van der Waals surface area contributed by atoms with Crippen molar-refractivity contribution in [3.8, 4) is 0 Å². The number of amides is 2. The molecule has 1 saturated carbocycles. The van der Waals surface area contributed by atoms with Gasteiger partial charge in [-0.2, -0.15) is 0 Å². The van der Waals surface area contributed by atoms with Crippen molar-refractivity contribution in [2.24, 2.45) is 11.8 Å². The van der Waals surface area contributed by atoms with Gasteiger partial charge >= 0.3 is 5.97 Å². The largest absolute Gasteiger partial charge is 0.478 e. The Kier molecular flexibility index (Phi) is 2.96. The van der Waals surface area contributed by atoms with Gasteiger partial charge in [-0.1, -0.05) is 6.42 Å². The fourth-order valence-electron chi connectivity index (χ4n) is 3.03. The molecule has 2 heterocycles. The zero-order valence-corrected chi connectivity index (χ0v) is 10.7. The molecular weight excluding hydrogens is 262 g/mol. The Morgan fingerprint density at radius 2 is 1.95 bits per heavy atom. The number of aromatic nitrogens is 2. The highest BCUT2D eigenvalue weighted by molar-refractivity contribution is 6.05. The molecule has 2 fully saturated rings. The van der Waals surface area contributed by atoms with Crippen LogP contribution in [0.4, 0.5) is 0 Å². The maximum absolute atomic E-state index is 12.2. The van der Waals surface area contributed by atoms with Crippen LogP contribution in [-0.2, 0) is 16.1 Å². The van der Waals surface area contributed by atoms with Crippen LogP contribution < -0.4 is 0 Å². The highest BCUT2D eigenvalue weighted by atomic mass is 16.4. The molecule has 1 aliphatic heterocycles. The van der Waals surface area contributed by atoms with Crippen LogP contribution in [0.2, 0.25) is 0 Å². The molecule has 0 radical (unpaired) electrons. The second kappa shape index (κ2) is 4.66. The topological polar surface area (TPSA) is 100 Å². The zero-order chi connectivity index (χ0) is 14.3. The Hall–Kier alpha value is -2.31. The summed E-state index contributed by atoms with van der Waals surface area (Å²) in [6.45, 7) is -0.0885. The van der Waals surface area contributed by atoms with Gasteiger partial charge in [0, 0.05) is 6.20 Å². The van der Waals surface area contributed by atoms with E-state index in [1.807, 2.05) is 0 Å². The Labute approximate surface area is 114 Å². The van der Waals surface area contributed by atoms with E-state index in [-0.39, 0.29) is 41.5 Å². The molecule has 7 nitrogen and oxygen atoms in total. The van der Waals surface area contributed by atoms with E-state index in [4.69, 9.17) is 5.11 Å². The Bertz CT molecular complexity index is 579. The number of aromatic carboxylic acids is 1. The van der Waals surface area contributed by atoms with Crippen LogP contribution in [-0.4, -0.2) is 37.8 Å². The molecule has 3 rings (SSSR count). The van der Waals surface area contributed by atoms with Gasteiger partial charge in [-0.15, -0.1) is 0 Å². The van der Waals surface area contributed by atoms with Crippen molar-refractivity contribution in [1.29, 1.82) is 0 Å². The van der Waals surface area contributed by atoms with E-state index in [1.54, 1.807) is 0 Å². The lowest BCUT2D eigenvalue weighted by molar-refractivity contribution is -0.141. The molecule has 1 saturated heterocycles. The molecule has 104 valence electrons. The van der Waals surface area contributed by atoms with Crippen molar-refractivity contribution < 1.29 is 19.5 Å². The summed E-state index contributed by atoms with van der Waals surface area (Å²) < 4.78 is 0. The summed E-state index contributed by atoms with van der Waals surface area (Å²) in [5, 5.41) is 9.06. The normalized spacial score (nSPS) is 25.1. The fourth-order valence-corrected chi connectivity index (χ4v) is 3.03. The second-order valence-electron chi connectivity index (χ2n) is 5.09. The SMILES string of the molecule is O=C(O)c1cncnc1CN1C(=O)C2CCCC2C1=O. The number of carboxylic acids is 1. The van der Waals surface area contributed by atoms with Gasteiger partial charge in [0.1, 0.15) is 11.9 Å². The van der Waals surface area contributed by atoms with Crippen molar-refractivity contribution in [2.45, 2.75) is 25.8 Å². The van der Waals surface area contributed by atoms with E-state index < -0.39 is 5.97 Å². The quantitative estimate of drug-likeness (QED) is 0.804. The maximum Gasteiger partial charge on any atom is 0.339 e. The summed E-state index contributed by atoms with van der Waals surface area (Å²) in [6.07, 6.45) is 4.77. The maximum atomic E-state index is 12.2. The molecule has 1 N–H and O–H groups in total. The van der Waals surface area contributed by atoms with Crippen LogP contribution in [0.25, 0.3) is 0 Å². The van der Waals surface area contributed by atoms with Gasteiger partial charge in [0.05, 0.1) is 24.1 Å². The van der Waals surface area contributed by atoms with E-state index in [2.05, 4.69) is 9.97 Å². The molecule has 1 aromatic rings. The molecule has 7 heteroatoms. The number of carbonyl (C=O) groups excluding carboxylic acids is 2. The van der Waals surface area contributed by atoms with E-state index in [1.165, 1.54) is 12.5 Å². The molecule has 0 bridgehead atoms. The second-order valence-corrected chi connectivity index (χ2v) is 5.09. The third kappa shape index (κ3) is 1.86. The van der Waals surface area contributed by atoms with E-state index in [0.29, 0.717) is 0 Å². The first-order valence-corrected chi connectivity index (χ1v) is 6.47. The monoisotopic (exact) mass is 275 g/mol. The number of carbonyl (C=O) groups is 3. The smallest absolute Gasteiger partial charge is 0.339 e. The number of hydrogen-bond donors (Lipinski definition) is 1. The summed E-state index contributed by atoms with van der Waals surface area (Å²) in [5.41, 5.74) is 0.110. The molecule has 1 aliphatic carbocycles. The van der Waals surface area contributed by atoms with Crippen LogP contribution in [0.1, 0.15) is 35.3 Å². The van der Waals surface area contributed by atoms with Crippen LogP contribution in [0.3, 0.4) is 0 Å². The predicted octanol–water partition coefficient (Wildman–Crippen LogP) is 0.460.